The van der Waals surface area contributed by atoms with Crippen LogP contribution >= 0.6 is 0 Å². The van der Waals surface area contributed by atoms with E-state index in [0.717, 1.165) is 5.57 Å². The highest BCUT2D eigenvalue weighted by Gasteiger charge is 2.25. The van der Waals surface area contributed by atoms with Gasteiger partial charge in [0.15, 0.2) is 0 Å². The second-order valence-corrected chi connectivity index (χ2v) is 4.16. The molecule has 0 bridgehead atoms. The van der Waals surface area contributed by atoms with Gasteiger partial charge in [-0.3, -0.25) is 0 Å². The SMILES string of the molecule is C=CCOC(=O)C1=C(C(=O)OCC=C)CC(C)=CC1. The molecule has 0 spiro atoms. The molecule has 0 N–H and O–H groups in total. The summed E-state index contributed by atoms with van der Waals surface area (Å²) in [4.78, 5) is 23.8. The van der Waals surface area contributed by atoms with E-state index in [1.54, 1.807) is 0 Å². The van der Waals surface area contributed by atoms with E-state index >= 15 is 0 Å². The molecule has 0 aromatic rings. The van der Waals surface area contributed by atoms with E-state index in [0.29, 0.717) is 24.0 Å². The fourth-order valence-electron chi connectivity index (χ4n) is 1.70. The van der Waals surface area contributed by atoms with Gasteiger partial charge in [-0.05, 0) is 13.3 Å². The van der Waals surface area contributed by atoms with Crippen LogP contribution in [0.5, 0.6) is 0 Å². The summed E-state index contributed by atoms with van der Waals surface area (Å²) in [5.41, 5.74) is 1.77. The molecule has 0 radical (unpaired) electrons. The summed E-state index contributed by atoms with van der Waals surface area (Å²) in [6.07, 6.45) is 5.68. The van der Waals surface area contributed by atoms with Crippen molar-refractivity contribution >= 4 is 11.9 Å². The maximum Gasteiger partial charge on any atom is 0.335 e. The van der Waals surface area contributed by atoms with Crippen molar-refractivity contribution in [1.82, 2.24) is 0 Å². The second-order valence-electron chi connectivity index (χ2n) is 4.16. The van der Waals surface area contributed by atoms with Crippen LogP contribution in [-0.2, 0) is 19.1 Å². The topological polar surface area (TPSA) is 52.6 Å². The van der Waals surface area contributed by atoms with Crippen LogP contribution in [0.1, 0.15) is 19.8 Å². The molecule has 0 saturated carbocycles. The number of rotatable bonds is 6. The number of ether oxygens (including phenoxy) is 2. The number of esters is 2. The lowest BCUT2D eigenvalue weighted by atomic mass is 9.92. The van der Waals surface area contributed by atoms with Crippen LogP contribution in [0.4, 0.5) is 0 Å². The van der Waals surface area contributed by atoms with Crippen LogP contribution in [-0.4, -0.2) is 25.2 Å². The Morgan fingerprint density at radius 3 is 2.21 bits per heavy atom. The Hall–Kier alpha value is -2.10. The molecule has 0 aromatic heterocycles. The molecular weight excluding hydrogens is 244 g/mol. The Morgan fingerprint density at radius 2 is 1.68 bits per heavy atom. The second kappa shape index (κ2) is 7.36. The third-order valence-electron chi connectivity index (χ3n) is 2.63. The molecule has 0 unspecified atom stereocenters. The quantitative estimate of drug-likeness (QED) is 0.545. The summed E-state index contributed by atoms with van der Waals surface area (Å²) in [5, 5.41) is 0. The number of carbonyl (C=O) groups is 2. The van der Waals surface area contributed by atoms with Crippen molar-refractivity contribution in [2.45, 2.75) is 19.8 Å². The van der Waals surface area contributed by atoms with Gasteiger partial charge in [0, 0.05) is 6.42 Å². The molecule has 4 heteroatoms. The molecule has 102 valence electrons. The van der Waals surface area contributed by atoms with Crippen molar-refractivity contribution in [3.8, 4) is 0 Å². The first kappa shape index (κ1) is 15.0. The summed E-state index contributed by atoms with van der Waals surface area (Å²) in [6, 6.07) is 0. The van der Waals surface area contributed by atoms with Gasteiger partial charge in [0.1, 0.15) is 13.2 Å². The van der Waals surface area contributed by atoms with Gasteiger partial charge in [0.25, 0.3) is 0 Å². The van der Waals surface area contributed by atoms with Gasteiger partial charge in [0.2, 0.25) is 0 Å². The van der Waals surface area contributed by atoms with E-state index in [-0.39, 0.29) is 13.2 Å². The molecule has 1 rings (SSSR count). The number of hydrogen-bond acceptors (Lipinski definition) is 4. The number of allylic oxidation sites excluding steroid dienone is 2. The molecule has 1 aliphatic carbocycles. The van der Waals surface area contributed by atoms with Gasteiger partial charge in [0.05, 0.1) is 11.1 Å². The Bertz CT molecular complexity index is 455. The van der Waals surface area contributed by atoms with E-state index in [4.69, 9.17) is 9.47 Å². The van der Waals surface area contributed by atoms with Crippen molar-refractivity contribution < 1.29 is 19.1 Å². The first-order valence-corrected chi connectivity index (χ1v) is 6.03. The Morgan fingerprint density at radius 1 is 1.16 bits per heavy atom. The van der Waals surface area contributed by atoms with Crippen LogP contribution in [0.15, 0.2) is 48.1 Å². The highest BCUT2D eigenvalue weighted by molar-refractivity contribution is 6.01. The Labute approximate surface area is 113 Å². The lowest BCUT2D eigenvalue weighted by Gasteiger charge is -2.17. The zero-order valence-electron chi connectivity index (χ0n) is 11.1. The molecule has 0 atom stereocenters. The van der Waals surface area contributed by atoms with Crippen LogP contribution in [0.3, 0.4) is 0 Å². The smallest absolute Gasteiger partial charge is 0.335 e. The van der Waals surface area contributed by atoms with Gasteiger partial charge in [-0.25, -0.2) is 9.59 Å². The lowest BCUT2D eigenvalue weighted by Crippen LogP contribution is -2.19. The van der Waals surface area contributed by atoms with E-state index < -0.39 is 11.9 Å². The minimum absolute atomic E-state index is 0.125. The fraction of sp³-hybridized carbons (Fsp3) is 0.333. The maximum atomic E-state index is 11.9. The van der Waals surface area contributed by atoms with Crippen LogP contribution in [0, 0.1) is 0 Å². The van der Waals surface area contributed by atoms with Crippen molar-refractivity contribution in [3.05, 3.63) is 48.1 Å². The summed E-state index contributed by atoms with van der Waals surface area (Å²) >= 11 is 0. The highest BCUT2D eigenvalue weighted by Crippen LogP contribution is 2.26. The molecule has 0 heterocycles. The highest BCUT2D eigenvalue weighted by atomic mass is 16.5. The van der Waals surface area contributed by atoms with E-state index in [1.807, 2.05) is 13.0 Å². The molecule has 0 aliphatic heterocycles. The predicted molar refractivity (Wildman–Crippen MR) is 72.3 cm³/mol. The monoisotopic (exact) mass is 262 g/mol. The Kier molecular flexibility index (Phi) is 5.79. The fourth-order valence-corrected chi connectivity index (χ4v) is 1.70. The summed E-state index contributed by atoms with van der Waals surface area (Å²) in [6.45, 7) is 9.12. The van der Waals surface area contributed by atoms with Crippen LogP contribution in [0.2, 0.25) is 0 Å². The largest absolute Gasteiger partial charge is 0.458 e. The van der Waals surface area contributed by atoms with Gasteiger partial charge >= 0.3 is 11.9 Å². The average molecular weight is 262 g/mol. The first-order chi connectivity index (χ1) is 9.10. The lowest BCUT2D eigenvalue weighted by molar-refractivity contribution is -0.141. The summed E-state index contributed by atoms with van der Waals surface area (Å²) in [5.74, 6) is -0.980. The molecule has 0 fully saturated rings. The van der Waals surface area contributed by atoms with Crippen LogP contribution < -0.4 is 0 Å². The molecule has 4 nitrogen and oxygen atoms in total. The van der Waals surface area contributed by atoms with E-state index in [1.165, 1.54) is 12.2 Å². The van der Waals surface area contributed by atoms with Crippen LogP contribution in [0.25, 0.3) is 0 Å². The summed E-state index contributed by atoms with van der Waals surface area (Å²) < 4.78 is 9.97. The zero-order valence-corrected chi connectivity index (χ0v) is 11.1. The normalized spacial score (nSPS) is 14.5. The average Bonchev–Trinajstić information content (AvgIpc) is 2.41. The molecule has 0 saturated heterocycles. The molecule has 0 aromatic carbocycles. The van der Waals surface area contributed by atoms with Crippen molar-refractivity contribution in [3.63, 3.8) is 0 Å². The predicted octanol–water partition coefficient (Wildman–Crippen LogP) is 2.48. The minimum Gasteiger partial charge on any atom is -0.458 e. The van der Waals surface area contributed by atoms with E-state index in [9.17, 15) is 9.59 Å². The number of hydrogen-bond donors (Lipinski definition) is 0. The maximum absolute atomic E-state index is 11.9. The third-order valence-corrected chi connectivity index (χ3v) is 2.63. The Balaban J connectivity index is 2.90. The third kappa shape index (κ3) is 4.25. The molecular formula is C15H18O4. The standard InChI is InChI=1S/C15H18O4/c1-4-8-18-14(16)12-7-6-11(3)10-13(12)15(17)19-9-5-2/h4-6H,1-2,7-10H2,3H3. The molecule has 1 aliphatic rings. The van der Waals surface area contributed by atoms with Gasteiger partial charge in [-0.15, -0.1) is 0 Å². The van der Waals surface area contributed by atoms with Gasteiger partial charge < -0.3 is 9.47 Å². The van der Waals surface area contributed by atoms with Gasteiger partial charge in [-0.2, -0.15) is 0 Å². The molecule has 0 amide bonds. The zero-order chi connectivity index (χ0) is 14.3. The van der Waals surface area contributed by atoms with E-state index in [2.05, 4.69) is 13.2 Å². The summed E-state index contributed by atoms with van der Waals surface area (Å²) in [7, 11) is 0. The number of carbonyl (C=O) groups excluding carboxylic acids is 2. The van der Waals surface area contributed by atoms with Crippen molar-refractivity contribution in [2.75, 3.05) is 13.2 Å². The van der Waals surface area contributed by atoms with Crippen molar-refractivity contribution in [2.24, 2.45) is 0 Å². The van der Waals surface area contributed by atoms with Crippen molar-refractivity contribution in [1.29, 1.82) is 0 Å². The molecule has 19 heavy (non-hydrogen) atoms. The minimum atomic E-state index is -0.491. The first-order valence-electron chi connectivity index (χ1n) is 6.03. The van der Waals surface area contributed by atoms with Gasteiger partial charge in [-0.1, -0.05) is 37.0 Å².